The van der Waals surface area contributed by atoms with Crippen molar-refractivity contribution in [2.45, 2.75) is 13.5 Å². The zero-order chi connectivity index (χ0) is 14.0. The molecule has 19 heavy (non-hydrogen) atoms. The van der Waals surface area contributed by atoms with Gasteiger partial charge in [-0.15, -0.1) is 0 Å². The van der Waals surface area contributed by atoms with Crippen LogP contribution in [-0.2, 0) is 6.54 Å². The van der Waals surface area contributed by atoms with Crippen molar-refractivity contribution in [3.8, 4) is 0 Å². The van der Waals surface area contributed by atoms with Gasteiger partial charge in [-0.05, 0) is 24.6 Å². The molecule has 0 fully saturated rings. The van der Waals surface area contributed by atoms with Gasteiger partial charge in [-0.2, -0.15) is 5.10 Å². The van der Waals surface area contributed by atoms with Crippen molar-refractivity contribution in [2.75, 3.05) is 12.8 Å². The lowest BCUT2D eigenvalue weighted by Gasteiger charge is -2.17. The van der Waals surface area contributed by atoms with Crippen molar-refractivity contribution in [1.29, 1.82) is 0 Å². The van der Waals surface area contributed by atoms with E-state index < -0.39 is 0 Å². The molecule has 1 amide bonds. The second-order valence-electron chi connectivity index (χ2n) is 4.40. The maximum Gasteiger partial charge on any atom is 0.259 e. The average Bonchev–Trinajstić information content (AvgIpc) is 2.71. The van der Waals surface area contributed by atoms with E-state index in [0.717, 1.165) is 5.56 Å². The summed E-state index contributed by atoms with van der Waals surface area (Å²) in [7, 11) is 1.66. The van der Waals surface area contributed by atoms with Crippen molar-refractivity contribution in [3.05, 3.63) is 46.9 Å². The van der Waals surface area contributed by atoms with Crippen LogP contribution in [0.3, 0.4) is 0 Å². The first kappa shape index (κ1) is 13.1. The van der Waals surface area contributed by atoms with Crippen LogP contribution >= 0.6 is 0 Å². The Morgan fingerprint density at radius 3 is 2.58 bits per heavy atom. The van der Waals surface area contributed by atoms with Gasteiger partial charge in [-0.3, -0.25) is 9.89 Å². The van der Waals surface area contributed by atoms with E-state index in [1.165, 1.54) is 17.0 Å². The second-order valence-corrected chi connectivity index (χ2v) is 4.40. The molecular weight excluding hydrogens is 247 g/mol. The lowest BCUT2D eigenvalue weighted by molar-refractivity contribution is 0.0785. The van der Waals surface area contributed by atoms with Crippen LogP contribution in [0.4, 0.5) is 10.2 Å². The van der Waals surface area contributed by atoms with Crippen molar-refractivity contribution in [1.82, 2.24) is 15.1 Å². The van der Waals surface area contributed by atoms with Gasteiger partial charge in [0.05, 0.1) is 0 Å². The summed E-state index contributed by atoms with van der Waals surface area (Å²) in [6, 6.07) is 6.02. The van der Waals surface area contributed by atoms with Gasteiger partial charge in [0, 0.05) is 19.3 Å². The Labute approximate surface area is 110 Å². The van der Waals surface area contributed by atoms with E-state index in [0.29, 0.717) is 17.8 Å². The number of rotatable bonds is 3. The van der Waals surface area contributed by atoms with E-state index in [9.17, 15) is 9.18 Å². The summed E-state index contributed by atoms with van der Waals surface area (Å²) >= 11 is 0. The average molecular weight is 262 g/mol. The minimum Gasteiger partial charge on any atom is -0.382 e. The van der Waals surface area contributed by atoms with E-state index >= 15 is 0 Å². The van der Waals surface area contributed by atoms with E-state index in [2.05, 4.69) is 10.2 Å². The molecule has 1 heterocycles. The van der Waals surface area contributed by atoms with Gasteiger partial charge < -0.3 is 10.6 Å². The first-order chi connectivity index (χ1) is 8.99. The molecular formula is C13H15FN4O. The van der Waals surface area contributed by atoms with E-state index in [4.69, 9.17) is 5.73 Å². The maximum atomic E-state index is 12.8. The number of aryl methyl sites for hydroxylation is 1. The van der Waals surface area contributed by atoms with Crippen molar-refractivity contribution >= 4 is 11.7 Å². The predicted molar refractivity (Wildman–Crippen MR) is 69.9 cm³/mol. The lowest BCUT2D eigenvalue weighted by Crippen LogP contribution is -2.27. The lowest BCUT2D eigenvalue weighted by atomic mass is 10.1. The maximum absolute atomic E-state index is 12.8. The number of hydrogen-bond donors (Lipinski definition) is 2. The topological polar surface area (TPSA) is 75.0 Å². The highest BCUT2D eigenvalue weighted by Crippen LogP contribution is 2.16. The molecule has 2 aromatic rings. The minimum absolute atomic E-state index is 0.188. The molecule has 0 saturated carbocycles. The molecule has 1 aromatic heterocycles. The minimum atomic E-state index is -0.298. The predicted octanol–water partition coefficient (Wildman–Crippen LogP) is 1.71. The molecule has 3 N–H and O–H groups in total. The third-order valence-corrected chi connectivity index (χ3v) is 2.87. The third kappa shape index (κ3) is 2.73. The number of nitrogen functional groups attached to an aromatic ring is 1. The number of nitrogens with two attached hydrogens (primary N) is 1. The Morgan fingerprint density at radius 2 is 2.05 bits per heavy atom. The third-order valence-electron chi connectivity index (χ3n) is 2.87. The molecule has 0 aliphatic heterocycles. The number of anilines is 1. The van der Waals surface area contributed by atoms with Gasteiger partial charge in [0.1, 0.15) is 11.4 Å². The summed E-state index contributed by atoms with van der Waals surface area (Å²) in [6.45, 7) is 2.12. The van der Waals surface area contributed by atoms with Gasteiger partial charge in [-0.1, -0.05) is 12.1 Å². The zero-order valence-corrected chi connectivity index (χ0v) is 10.8. The summed E-state index contributed by atoms with van der Waals surface area (Å²) in [6.07, 6.45) is 0. The highest BCUT2D eigenvalue weighted by atomic mass is 19.1. The Kier molecular flexibility index (Phi) is 3.50. The number of carbonyl (C=O) groups is 1. The van der Waals surface area contributed by atoms with Crippen LogP contribution in [0.1, 0.15) is 21.6 Å². The van der Waals surface area contributed by atoms with Crippen LogP contribution in [-0.4, -0.2) is 28.1 Å². The number of H-pyrrole nitrogens is 1. The molecule has 6 heteroatoms. The van der Waals surface area contributed by atoms with Crippen molar-refractivity contribution in [2.24, 2.45) is 0 Å². The Hall–Kier alpha value is -2.37. The summed E-state index contributed by atoms with van der Waals surface area (Å²) in [5, 5.41) is 6.47. The smallest absolute Gasteiger partial charge is 0.259 e. The van der Waals surface area contributed by atoms with Crippen molar-refractivity contribution < 1.29 is 9.18 Å². The van der Waals surface area contributed by atoms with Gasteiger partial charge >= 0.3 is 0 Å². The van der Waals surface area contributed by atoms with Crippen molar-refractivity contribution in [3.63, 3.8) is 0 Å². The Morgan fingerprint density at radius 1 is 1.42 bits per heavy atom. The van der Waals surface area contributed by atoms with E-state index in [1.807, 2.05) is 0 Å². The molecule has 0 bridgehead atoms. The number of aromatic nitrogens is 2. The van der Waals surface area contributed by atoms with Crippen LogP contribution in [0.2, 0.25) is 0 Å². The number of hydrogen-bond acceptors (Lipinski definition) is 3. The number of nitrogens with one attached hydrogen (secondary N) is 1. The van der Waals surface area contributed by atoms with Crippen LogP contribution in [0.5, 0.6) is 0 Å². The monoisotopic (exact) mass is 262 g/mol. The Bertz CT molecular complexity index is 572. The number of nitrogens with zero attached hydrogens (tertiary/aromatic N) is 2. The molecule has 0 spiro atoms. The number of benzene rings is 1. The molecule has 1 aromatic carbocycles. The molecule has 2 rings (SSSR count). The van der Waals surface area contributed by atoms with E-state index in [-0.39, 0.29) is 17.5 Å². The van der Waals surface area contributed by atoms with Gasteiger partial charge in [0.15, 0.2) is 5.82 Å². The largest absolute Gasteiger partial charge is 0.382 e. The van der Waals surface area contributed by atoms with Crippen LogP contribution < -0.4 is 5.73 Å². The number of aromatic amines is 1. The first-order valence-electron chi connectivity index (χ1n) is 5.79. The quantitative estimate of drug-likeness (QED) is 0.884. The number of amides is 1. The second kappa shape index (κ2) is 5.09. The standard InChI is InChI=1S/C13H15FN4O/c1-8-11(12(15)17-16-8)13(19)18(2)7-9-3-5-10(14)6-4-9/h3-6H,7H2,1-2H3,(H3,15,16,17). The normalized spacial score (nSPS) is 10.5. The SMILES string of the molecule is Cc1[nH]nc(N)c1C(=O)N(C)Cc1ccc(F)cc1. The molecule has 0 aliphatic rings. The van der Waals surface area contributed by atoms with Gasteiger partial charge in [0.25, 0.3) is 5.91 Å². The van der Waals surface area contributed by atoms with Crippen LogP contribution in [0.15, 0.2) is 24.3 Å². The summed E-state index contributed by atoms with van der Waals surface area (Å²) in [4.78, 5) is 13.7. The fourth-order valence-corrected chi connectivity index (χ4v) is 1.84. The fraction of sp³-hybridized carbons (Fsp3) is 0.231. The van der Waals surface area contributed by atoms with Crippen LogP contribution in [0, 0.1) is 12.7 Å². The highest BCUT2D eigenvalue weighted by molar-refractivity contribution is 5.99. The molecule has 0 radical (unpaired) electrons. The molecule has 0 saturated heterocycles. The molecule has 0 atom stereocenters. The van der Waals surface area contributed by atoms with Gasteiger partial charge in [-0.25, -0.2) is 4.39 Å². The molecule has 0 aliphatic carbocycles. The van der Waals surface area contributed by atoms with Crippen LogP contribution in [0.25, 0.3) is 0 Å². The first-order valence-corrected chi connectivity index (χ1v) is 5.79. The summed E-state index contributed by atoms with van der Waals surface area (Å²) in [5.74, 6) is -0.325. The fourth-order valence-electron chi connectivity index (χ4n) is 1.84. The molecule has 100 valence electrons. The molecule has 0 unspecified atom stereocenters. The number of carbonyl (C=O) groups excluding carboxylic acids is 1. The number of halogens is 1. The zero-order valence-electron chi connectivity index (χ0n) is 10.8. The summed E-state index contributed by atoms with van der Waals surface area (Å²) < 4.78 is 12.8. The molecule has 5 nitrogen and oxygen atoms in total. The summed E-state index contributed by atoms with van der Waals surface area (Å²) in [5.41, 5.74) is 7.51. The highest BCUT2D eigenvalue weighted by Gasteiger charge is 2.19. The van der Waals surface area contributed by atoms with Gasteiger partial charge in [0.2, 0.25) is 0 Å². The Balaban J connectivity index is 2.14. The van der Waals surface area contributed by atoms with E-state index in [1.54, 1.807) is 26.1 Å².